The third kappa shape index (κ3) is 10.7. The van der Waals surface area contributed by atoms with Crippen LogP contribution in [0, 0.1) is 0 Å². The summed E-state index contributed by atoms with van der Waals surface area (Å²) in [5, 5.41) is 9.12. The molecule has 4 aromatic carbocycles. The first kappa shape index (κ1) is 39.0. The Morgan fingerprint density at radius 2 is 1.60 bits per heavy atom. The quantitative estimate of drug-likeness (QED) is 0.0555. The van der Waals surface area contributed by atoms with Crippen molar-refractivity contribution in [1.82, 2.24) is 10.2 Å². The van der Waals surface area contributed by atoms with E-state index in [4.69, 9.17) is 9.47 Å². The maximum atomic E-state index is 13.6. The van der Waals surface area contributed by atoms with Gasteiger partial charge in [0, 0.05) is 40.7 Å². The zero-order valence-corrected chi connectivity index (χ0v) is 32.3. The van der Waals surface area contributed by atoms with E-state index in [9.17, 15) is 19.2 Å². The van der Waals surface area contributed by atoms with Gasteiger partial charge in [0.05, 0.1) is 24.5 Å². The molecular weight excluding hydrogens is 733 g/mol. The van der Waals surface area contributed by atoms with Crippen LogP contribution < -0.4 is 20.7 Å². The number of fused-ring (bicyclic) bond motifs is 1. The number of carbonyl (C=O) groups is 4. The lowest BCUT2D eigenvalue weighted by atomic mass is 10.0. The first-order chi connectivity index (χ1) is 26.8. The molecule has 5 aromatic rings. The van der Waals surface area contributed by atoms with Crippen molar-refractivity contribution >= 4 is 63.6 Å². The van der Waals surface area contributed by atoms with Crippen molar-refractivity contribution in [1.29, 1.82) is 0 Å². The summed E-state index contributed by atoms with van der Waals surface area (Å²) < 4.78 is 10.9. The maximum Gasteiger partial charge on any atom is 0.341 e. The number of hydrogen-bond acceptors (Lipinski definition) is 9. The highest BCUT2D eigenvalue weighted by molar-refractivity contribution is 8.00. The van der Waals surface area contributed by atoms with Crippen molar-refractivity contribution in [3.63, 3.8) is 0 Å². The minimum Gasteiger partial charge on any atom is -0.494 e. The fourth-order valence-corrected chi connectivity index (χ4v) is 8.10. The predicted octanol–water partition coefficient (Wildman–Crippen LogP) is 8.02. The summed E-state index contributed by atoms with van der Waals surface area (Å²) in [6.07, 6.45) is 2.28. The lowest BCUT2D eigenvalue weighted by Crippen LogP contribution is -2.30. The number of nitrogens with one attached hydrogen (secondary N) is 3. The molecule has 0 spiro atoms. The Morgan fingerprint density at radius 1 is 0.855 bits per heavy atom. The van der Waals surface area contributed by atoms with Crippen LogP contribution in [0.1, 0.15) is 56.1 Å². The van der Waals surface area contributed by atoms with Gasteiger partial charge in [-0.15, -0.1) is 23.1 Å². The fourth-order valence-electron chi connectivity index (χ4n) is 6.05. The van der Waals surface area contributed by atoms with E-state index in [1.807, 2.05) is 37.3 Å². The smallest absolute Gasteiger partial charge is 0.341 e. The molecule has 10 nitrogen and oxygen atoms in total. The summed E-state index contributed by atoms with van der Waals surface area (Å²) in [5.41, 5.74) is 4.24. The van der Waals surface area contributed by atoms with Gasteiger partial charge < -0.3 is 25.4 Å². The molecule has 3 amide bonds. The van der Waals surface area contributed by atoms with Gasteiger partial charge in [-0.1, -0.05) is 66.7 Å². The van der Waals surface area contributed by atoms with Crippen molar-refractivity contribution in [3.8, 4) is 5.75 Å². The SMILES string of the molecule is CCOC(=O)c1c(NC(=O)CSc2cccc(NC(=O)/C(=C\c3ccc(OCC)cc3)NC(=O)c3ccccc3)c2)sc2c1CCN(Cc1ccccc1)C2. The Hall–Kier alpha value is -5.69. The van der Waals surface area contributed by atoms with E-state index in [2.05, 4.69) is 33.0 Å². The molecule has 0 fully saturated rings. The van der Waals surface area contributed by atoms with Gasteiger partial charge in [0.2, 0.25) is 5.91 Å². The highest BCUT2D eigenvalue weighted by atomic mass is 32.2. The van der Waals surface area contributed by atoms with Crippen LogP contribution in [-0.2, 0) is 33.8 Å². The van der Waals surface area contributed by atoms with Gasteiger partial charge in [0.15, 0.2) is 0 Å². The monoisotopic (exact) mass is 774 g/mol. The number of ether oxygens (including phenoxy) is 2. The van der Waals surface area contributed by atoms with Crippen molar-refractivity contribution in [2.75, 3.05) is 36.1 Å². The number of benzene rings is 4. The molecule has 1 aromatic heterocycles. The van der Waals surface area contributed by atoms with Crippen LogP contribution in [0.3, 0.4) is 0 Å². The van der Waals surface area contributed by atoms with E-state index < -0.39 is 17.8 Å². The zero-order chi connectivity index (χ0) is 38.6. The molecule has 0 atom stereocenters. The number of thioether (sulfide) groups is 1. The molecule has 3 N–H and O–H groups in total. The second-order valence-corrected chi connectivity index (χ2v) is 14.7. The number of carbonyl (C=O) groups excluding carboxylic acids is 4. The van der Waals surface area contributed by atoms with E-state index in [-0.39, 0.29) is 24.0 Å². The third-order valence-corrected chi connectivity index (χ3v) is 10.7. The molecule has 6 rings (SSSR count). The highest BCUT2D eigenvalue weighted by Crippen LogP contribution is 2.38. The number of anilines is 2. The number of amides is 3. The standard InChI is InChI=1S/C43H42N4O6S2/c1-3-52-33-20-18-29(19-21-33)24-36(45-40(49)31-14-9-6-10-15-31)41(50)44-32-16-11-17-34(25-32)54-28-38(48)46-42-39(43(51)53-4-2)35-22-23-47(27-37(35)55-42)26-30-12-7-5-8-13-30/h5-21,24-25H,3-4,22-23,26-28H2,1-2H3,(H,44,50)(H,45,49)(H,46,48)/b36-24+. The van der Waals surface area contributed by atoms with Gasteiger partial charge in [-0.25, -0.2) is 4.79 Å². The first-order valence-electron chi connectivity index (χ1n) is 18.0. The average molecular weight is 775 g/mol. The van der Waals surface area contributed by atoms with E-state index in [0.717, 1.165) is 28.4 Å². The summed E-state index contributed by atoms with van der Waals surface area (Å²) in [7, 11) is 0. The van der Waals surface area contributed by atoms with Crippen LogP contribution in [0.2, 0.25) is 0 Å². The lowest BCUT2D eigenvalue weighted by molar-refractivity contribution is -0.114. The zero-order valence-electron chi connectivity index (χ0n) is 30.6. The maximum absolute atomic E-state index is 13.6. The topological polar surface area (TPSA) is 126 Å². The second kappa shape index (κ2) is 19.1. The lowest BCUT2D eigenvalue weighted by Gasteiger charge is -2.27. The van der Waals surface area contributed by atoms with Gasteiger partial charge in [0.25, 0.3) is 11.8 Å². The Kier molecular flexibility index (Phi) is 13.5. The third-order valence-electron chi connectivity index (χ3n) is 8.61. The Bertz CT molecular complexity index is 2150. The highest BCUT2D eigenvalue weighted by Gasteiger charge is 2.29. The minimum absolute atomic E-state index is 0.0506. The summed E-state index contributed by atoms with van der Waals surface area (Å²) in [4.78, 5) is 57.3. The molecular formula is C43H42N4O6S2. The normalized spacial score (nSPS) is 12.7. The number of hydrogen-bond donors (Lipinski definition) is 3. The van der Waals surface area contributed by atoms with E-state index >= 15 is 0 Å². The van der Waals surface area contributed by atoms with Gasteiger partial charge in [-0.3, -0.25) is 19.3 Å². The van der Waals surface area contributed by atoms with Crippen molar-refractivity contribution < 1.29 is 28.7 Å². The summed E-state index contributed by atoms with van der Waals surface area (Å²) >= 11 is 2.72. The molecule has 0 saturated heterocycles. The van der Waals surface area contributed by atoms with Gasteiger partial charge in [-0.05, 0) is 85.5 Å². The van der Waals surface area contributed by atoms with E-state index in [1.54, 1.807) is 79.7 Å². The molecule has 0 saturated carbocycles. The summed E-state index contributed by atoms with van der Waals surface area (Å²) in [6, 6.07) is 33.2. The number of rotatable bonds is 15. The summed E-state index contributed by atoms with van der Waals surface area (Å²) in [6.45, 7) is 6.70. The van der Waals surface area contributed by atoms with Crippen molar-refractivity contribution in [2.45, 2.75) is 38.3 Å². The molecule has 55 heavy (non-hydrogen) atoms. The largest absolute Gasteiger partial charge is 0.494 e. The van der Waals surface area contributed by atoms with Gasteiger partial charge in [-0.2, -0.15) is 0 Å². The van der Waals surface area contributed by atoms with Crippen molar-refractivity contribution in [2.24, 2.45) is 0 Å². The summed E-state index contributed by atoms with van der Waals surface area (Å²) in [5.74, 6) is -0.883. The van der Waals surface area contributed by atoms with Crippen LogP contribution in [0.15, 0.2) is 120 Å². The molecule has 0 unspecified atom stereocenters. The predicted molar refractivity (Wildman–Crippen MR) is 218 cm³/mol. The number of thiophene rings is 1. The first-order valence-corrected chi connectivity index (χ1v) is 19.8. The van der Waals surface area contributed by atoms with E-state index in [1.165, 1.54) is 28.7 Å². The minimum atomic E-state index is -0.520. The molecule has 0 radical (unpaired) electrons. The molecule has 0 bridgehead atoms. The second-order valence-electron chi connectivity index (χ2n) is 12.6. The van der Waals surface area contributed by atoms with Gasteiger partial charge >= 0.3 is 5.97 Å². The Balaban J connectivity index is 1.12. The number of esters is 1. The molecule has 12 heteroatoms. The fraction of sp³-hybridized carbons (Fsp3) is 0.209. The Labute approximate surface area is 328 Å². The molecule has 2 heterocycles. The van der Waals surface area contributed by atoms with Crippen LogP contribution in [-0.4, -0.2) is 54.1 Å². The number of nitrogens with zero attached hydrogens (tertiary/aromatic N) is 1. The van der Waals surface area contributed by atoms with Crippen LogP contribution in [0.25, 0.3) is 6.08 Å². The van der Waals surface area contributed by atoms with Crippen LogP contribution >= 0.6 is 23.1 Å². The van der Waals surface area contributed by atoms with E-state index in [0.29, 0.717) is 52.7 Å². The molecule has 0 aliphatic carbocycles. The van der Waals surface area contributed by atoms with Gasteiger partial charge in [0.1, 0.15) is 16.4 Å². The van der Waals surface area contributed by atoms with Crippen LogP contribution in [0.4, 0.5) is 10.7 Å². The molecule has 1 aliphatic rings. The molecule has 282 valence electrons. The Morgan fingerprint density at radius 3 is 2.33 bits per heavy atom. The average Bonchev–Trinajstić information content (AvgIpc) is 3.55. The molecule has 1 aliphatic heterocycles. The van der Waals surface area contributed by atoms with Crippen LogP contribution in [0.5, 0.6) is 5.75 Å². The van der Waals surface area contributed by atoms with Crippen molar-refractivity contribution in [3.05, 3.63) is 148 Å².